The molecule has 5 heteroatoms. The standard InChI is InChI=1S/C8H8BrNO2S/c9-7-5(3-6(11)12)10-8(13-7)4-1-2-4/h4H,1-3H2,(H,11,12). The summed E-state index contributed by atoms with van der Waals surface area (Å²) in [6.45, 7) is 0. The first-order valence-corrected chi connectivity index (χ1v) is 5.64. The summed E-state index contributed by atoms with van der Waals surface area (Å²) in [6.07, 6.45) is 2.42. The van der Waals surface area contributed by atoms with Gasteiger partial charge in [-0.3, -0.25) is 4.79 Å². The van der Waals surface area contributed by atoms with Gasteiger partial charge in [-0.2, -0.15) is 0 Å². The zero-order valence-electron chi connectivity index (χ0n) is 6.79. The number of rotatable bonds is 3. The molecule has 1 heterocycles. The lowest BCUT2D eigenvalue weighted by atomic mass is 10.3. The Morgan fingerprint density at radius 1 is 1.69 bits per heavy atom. The minimum absolute atomic E-state index is 0.0177. The van der Waals surface area contributed by atoms with E-state index in [1.54, 1.807) is 11.3 Å². The summed E-state index contributed by atoms with van der Waals surface area (Å²) in [5.41, 5.74) is 0.666. The summed E-state index contributed by atoms with van der Waals surface area (Å²) in [6, 6.07) is 0. The van der Waals surface area contributed by atoms with Gasteiger partial charge in [-0.25, -0.2) is 4.98 Å². The fourth-order valence-electron chi connectivity index (χ4n) is 1.11. The highest BCUT2D eigenvalue weighted by atomic mass is 79.9. The van der Waals surface area contributed by atoms with Crippen LogP contribution in [0.1, 0.15) is 29.5 Å². The Bertz CT molecular complexity index is 346. The van der Waals surface area contributed by atoms with E-state index < -0.39 is 5.97 Å². The Kier molecular flexibility index (Phi) is 2.38. The quantitative estimate of drug-likeness (QED) is 0.910. The maximum atomic E-state index is 10.5. The number of hydrogen-bond donors (Lipinski definition) is 1. The molecule has 0 atom stereocenters. The number of hydrogen-bond acceptors (Lipinski definition) is 3. The largest absolute Gasteiger partial charge is 0.481 e. The van der Waals surface area contributed by atoms with Crippen molar-refractivity contribution in [2.75, 3.05) is 0 Å². The van der Waals surface area contributed by atoms with Crippen molar-refractivity contribution in [3.8, 4) is 0 Å². The molecular weight excluding hydrogens is 254 g/mol. The van der Waals surface area contributed by atoms with E-state index >= 15 is 0 Å². The van der Waals surface area contributed by atoms with Crippen molar-refractivity contribution >= 4 is 33.2 Å². The van der Waals surface area contributed by atoms with Gasteiger partial charge in [0.25, 0.3) is 0 Å². The third kappa shape index (κ3) is 2.08. The second-order valence-corrected chi connectivity index (χ2v) is 5.47. The van der Waals surface area contributed by atoms with E-state index in [1.807, 2.05) is 0 Å². The first kappa shape index (κ1) is 9.15. The van der Waals surface area contributed by atoms with Gasteiger partial charge in [0.1, 0.15) is 0 Å². The van der Waals surface area contributed by atoms with E-state index in [0.717, 1.165) is 8.79 Å². The molecule has 1 aromatic rings. The van der Waals surface area contributed by atoms with Crippen LogP contribution in [0.4, 0.5) is 0 Å². The Labute approximate surface area is 87.9 Å². The van der Waals surface area contributed by atoms with E-state index in [4.69, 9.17) is 5.11 Å². The van der Waals surface area contributed by atoms with Gasteiger partial charge >= 0.3 is 5.97 Å². The molecular formula is C8H8BrNO2S. The highest BCUT2D eigenvalue weighted by molar-refractivity contribution is 9.11. The third-order valence-electron chi connectivity index (χ3n) is 1.91. The van der Waals surface area contributed by atoms with Crippen molar-refractivity contribution in [1.29, 1.82) is 0 Å². The lowest BCUT2D eigenvalue weighted by Crippen LogP contribution is -2.00. The molecule has 1 aliphatic carbocycles. The molecule has 1 saturated carbocycles. The van der Waals surface area contributed by atoms with Crippen LogP contribution in [0.25, 0.3) is 0 Å². The molecule has 0 radical (unpaired) electrons. The zero-order valence-corrected chi connectivity index (χ0v) is 9.19. The smallest absolute Gasteiger partial charge is 0.309 e. The van der Waals surface area contributed by atoms with Crippen LogP contribution in [-0.4, -0.2) is 16.1 Å². The number of halogens is 1. The molecule has 0 aliphatic heterocycles. The van der Waals surface area contributed by atoms with Crippen LogP contribution in [-0.2, 0) is 11.2 Å². The third-order valence-corrected chi connectivity index (χ3v) is 3.90. The molecule has 0 amide bonds. The predicted octanol–water partition coefficient (Wildman–Crippen LogP) is 2.41. The van der Waals surface area contributed by atoms with Gasteiger partial charge in [-0.15, -0.1) is 11.3 Å². The average Bonchev–Trinajstić information content (AvgIpc) is 2.79. The average molecular weight is 262 g/mol. The summed E-state index contributed by atoms with van der Waals surface area (Å²) < 4.78 is 0.872. The minimum atomic E-state index is -0.826. The molecule has 0 aromatic carbocycles. The Morgan fingerprint density at radius 3 is 2.92 bits per heavy atom. The molecule has 1 fully saturated rings. The van der Waals surface area contributed by atoms with Crippen molar-refractivity contribution in [2.45, 2.75) is 25.2 Å². The minimum Gasteiger partial charge on any atom is -0.481 e. The van der Waals surface area contributed by atoms with Gasteiger partial charge in [0.05, 0.1) is 20.9 Å². The SMILES string of the molecule is O=C(O)Cc1nc(C2CC2)sc1Br. The van der Waals surface area contributed by atoms with Crippen molar-refractivity contribution in [1.82, 2.24) is 4.98 Å². The predicted molar refractivity (Wildman–Crippen MR) is 53.1 cm³/mol. The summed E-state index contributed by atoms with van der Waals surface area (Å²) in [5.74, 6) is -0.225. The Balaban J connectivity index is 2.19. The molecule has 1 N–H and O–H groups in total. The van der Waals surface area contributed by atoms with Gasteiger partial charge in [-0.1, -0.05) is 0 Å². The molecule has 1 aliphatic rings. The number of thiazole rings is 1. The second-order valence-electron chi connectivity index (χ2n) is 3.12. The van der Waals surface area contributed by atoms with E-state index in [-0.39, 0.29) is 6.42 Å². The lowest BCUT2D eigenvalue weighted by molar-refractivity contribution is -0.136. The van der Waals surface area contributed by atoms with E-state index in [1.165, 1.54) is 12.8 Å². The fraction of sp³-hybridized carbons (Fsp3) is 0.500. The van der Waals surface area contributed by atoms with Crippen molar-refractivity contribution < 1.29 is 9.90 Å². The van der Waals surface area contributed by atoms with Gasteiger partial charge in [0.15, 0.2) is 0 Å². The van der Waals surface area contributed by atoms with E-state index in [9.17, 15) is 4.79 Å². The summed E-state index contributed by atoms with van der Waals surface area (Å²) in [5, 5.41) is 9.68. The van der Waals surface area contributed by atoms with Crippen LogP contribution >= 0.6 is 27.3 Å². The highest BCUT2D eigenvalue weighted by Crippen LogP contribution is 2.43. The van der Waals surface area contributed by atoms with Crippen LogP contribution in [0.5, 0.6) is 0 Å². The van der Waals surface area contributed by atoms with Crippen molar-refractivity contribution in [3.63, 3.8) is 0 Å². The molecule has 70 valence electrons. The topological polar surface area (TPSA) is 50.2 Å². The Hall–Kier alpha value is -0.420. The van der Waals surface area contributed by atoms with Crippen LogP contribution in [0, 0.1) is 0 Å². The second kappa shape index (κ2) is 3.38. The van der Waals surface area contributed by atoms with Crippen LogP contribution in [0.3, 0.4) is 0 Å². The monoisotopic (exact) mass is 261 g/mol. The number of aliphatic carboxylic acids is 1. The molecule has 0 saturated heterocycles. The highest BCUT2D eigenvalue weighted by Gasteiger charge is 2.28. The van der Waals surface area contributed by atoms with Gasteiger partial charge in [0, 0.05) is 5.92 Å². The lowest BCUT2D eigenvalue weighted by Gasteiger charge is -1.89. The number of carbonyl (C=O) groups is 1. The molecule has 0 bridgehead atoms. The number of carboxylic acid groups (broad SMARTS) is 1. The molecule has 2 rings (SSSR count). The summed E-state index contributed by atoms with van der Waals surface area (Å²) >= 11 is 4.90. The van der Waals surface area contributed by atoms with Crippen molar-refractivity contribution in [3.05, 3.63) is 14.5 Å². The fourth-order valence-corrected chi connectivity index (χ4v) is 2.81. The number of aromatic nitrogens is 1. The normalized spacial score (nSPS) is 16.1. The zero-order chi connectivity index (χ0) is 9.42. The number of nitrogens with zero attached hydrogens (tertiary/aromatic N) is 1. The van der Waals surface area contributed by atoms with Gasteiger partial charge < -0.3 is 5.11 Å². The van der Waals surface area contributed by atoms with Crippen molar-refractivity contribution in [2.24, 2.45) is 0 Å². The molecule has 13 heavy (non-hydrogen) atoms. The Morgan fingerprint density at radius 2 is 2.38 bits per heavy atom. The first-order chi connectivity index (χ1) is 6.16. The number of carboxylic acids is 1. The summed E-state index contributed by atoms with van der Waals surface area (Å²) in [7, 11) is 0. The van der Waals surface area contributed by atoms with E-state index in [0.29, 0.717) is 11.6 Å². The summed E-state index contributed by atoms with van der Waals surface area (Å²) in [4.78, 5) is 14.8. The molecule has 1 aromatic heterocycles. The van der Waals surface area contributed by atoms with Crippen LogP contribution in [0.2, 0.25) is 0 Å². The van der Waals surface area contributed by atoms with Gasteiger partial charge in [0.2, 0.25) is 0 Å². The maximum Gasteiger partial charge on any atom is 0.309 e. The molecule has 0 unspecified atom stereocenters. The maximum absolute atomic E-state index is 10.5. The molecule has 0 spiro atoms. The molecule has 3 nitrogen and oxygen atoms in total. The first-order valence-electron chi connectivity index (χ1n) is 4.03. The van der Waals surface area contributed by atoms with Crippen LogP contribution < -0.4 is 0 Å². The van der Waals surface area contributed by atoms with Crippen LogP contribution in [0.15, 0.2) is 3.79 Å². The van der Waals surface area contributed by atoms with E-state index in [2.05, 4.69) is 20.9 Å². The van der Waals surface area contributed by atoms with Gasteiger partial charge in [-0.05, 0) is 28.8 Å².